The van der Waals surface area contributed by atoms with Crippen molar-refractivity contribution < 1.29 is 23.9 Å². The maximum absolute atomic E-state index is 13.0. The molecule has 4 rings (SSSR count). The molecule has 1 saturated carbocycles. The predicted octanol–water partition coefficient (Wildman–Crippen LogP) is 6.74. The molecule has 10 heteroatoms. The first kappa shape index (κ1) is 29.4. The van der Waals surface area contributed by atoms with Gasteiger partial charge < -0.3 is 20.7 Å². The van der Waals surface area contributed by atoms with Crippen LogP contribution in [0.2, 0.25) is 0 Å². The van der Waals surface area contributed by atoms with Crippen LogP contribution in [-0.4, -0.2) is 36.1 Å². The van der Waals surface area contributed by atoms with Crippen LogP contribution < -0.4 is 16.0 Å². The zero-order valence-corrected chi connectivity index (χ0v) is 24.2. The molecule has 0 atom stereocenters. The fraction of sp³-hybridized carbons (Fsp3) is 0.333. The number of hydrogen-bond donors (Lipinski definition) is 3. The van der Waals surface area contributed by atoms with Gasteiger partial charge in [-0.05, 0) is 62.6 Å². The second-order valence-electron chi connectivity index (χ2n) is 9.49. The third kappa shape index (κ3) is 7.73. The Hall–Kier alpha value is -3.63. The topological polar surface area (TPSA) is 114 Å². The van der Waals surface area contributed by atoms with Crippen molar-refractivity contribution in [2.75, 3.05) is 28.3 Å². The monoisotopic (exact) mass is 579 g/mol. The summed E-state index contributed by atoms with van der Waals surface area (Å²) in [5, 5.41) is 8.90. The molecule has 210 valence electrons. The Morgan fingerprint density at radius 3 is 2.38 bits per heavy atom. The molecule has 1 fully saturated rings. The molecule has 8 nitrogen and oxygen atoms in total. The largest absolute Gasteiger partial charge is 0.462 e. The number of anilines is 3. The average molecular weight is 580 g/mol. The van der Waals surface area contributed by atoms with Gasteiger partial charge in [-0.15, -0.1) is 23.1 Å². The van der Waals surface area contributed by atoms with E-state index in [1.807, 2.05) is 42.5 Å². The molecule has 2 aromatic carbocycles. The molecule has 1 aromatic heterocycles. The molecule has 3 amide bonds. The van der Waals surface area contributed by atoms with Crippen molar-refractivity contribution in [3.63, 3.8) is 0 Å². The maximum Gasteiger partial charge on any atom is 0.341 e. The second-order valence-corrected chi connectivity index (χ2v) is 11.6. The fourth-order valence-corrected chi connectivity index (χ4v) is 6.42. The summed E-state index contributed by atoms with van der Waals surface area (Å²) in [4.78, 5) is 52.4. The lowest BCUT2D eigenvalue weighted by Crippen LogP contribution is -2.24. The number of nitrogens with one attached hydrogen (secondary N) is 3. The Kier molecular flexibility index (Phi) is 10.4. The Morgan fingerprint density at radius 1 is 0.925 bits per heavy atom. The van der Waals surface area contributed by atoms with Gasteiger partial charge in [0.05, 0.1) is 22.8 Å². The number of ether oxygens (including phenoxy) is 1. The number of rotatable bonds is 10. The zero-order chi connectivity index (χ0) is 28.5. The van der Waals surface area contributed by atoms with Gasteiger partial charge in [0, 0.05) is 22.2 Å². The lowest BCUT2D eigenvalue weighted by atomic mass is 9.88. The van der Waals surface area contributed by atoms with Crippen LogP contribution in [-0.2, 0) is 14.3 Å². The summed E-state index contributed by atoms with van der Waals surface area (Å²) in [6.07, 6.45) is 5.21. The molecular formula is C30H33N3O5S2. The highest BCUT2D eigenvalue weighted by Gasteiger charge is 2.27. The summed E-state index contributed by atoms with van der Waals surface area (Å²) in [5.41, 5.74) is 1.95. The van der Waals surface area contributed by atoms with E-state index in [0.717, 1.165) is 41.9 Å². The van der Waals surface area contributed by atoms with Crippen LogP contribution in [0.3, 0.4) is 0 Å². The number of benzene rings is 2. The molecule has 1 aliphatic rings. The van der Waals surface area contributed by atoms with Gasteiger partial charge in [-0.2, -0.15) is 0 Å². The van der Waals surface area contributed by atoms with E-state index in [0.29, 0.717) is 21.8 Å². The summed E-state index contributed by atoms with van der Waals surface area (Å²) < 4.78 is 5.21. The normalized spacial score (nSPS) is 13.3. The minimum absolute atomic E-state index is 0.0475. The lowest BCUT2D eigenvalue weighted by molar-refractivity contribution is -0.120. The van der Waals surface area contributed by atoms with Crippen LogP contribution >= 0.6 is 23.1 Å². The molecule has 1 heterocycles. The number of carbonyl (C=O) groups is 4. The highest BCUT2D eigenvalue weighted by Crippen LogP contribution is 2.35. The van der Waals surface area contributed by atoms with E-state index in [9.17, 15) is 19.2 Å². The van der Waals surface area contributed by atoms with E-state index in [2.05, 4.69) is 16.0 Å². The van der Waals surface area contributed by atoms with Gasteiger partial charge >= 0.3 is 5.97 Å². The van der Waals surface area contributed by atoms with Crippen molar-refractivity contribution in [3.05, 3.63) is 70.6 Å². The number of hydrogen-bond acceptors (Lipinski definition) is 7. The molecule has 0 radical (unpaired) electrons. The molecule has 0 unspecified atom stereocenters. The maximum atomic E-state index is 13.0. The number of carbonyl (C=O) groups excluding carboxylic acids is 4. The minimum atomic E-state index is -0.598. The number of esters is 1. The highest BCUT2D eigenvalue weighted by molar-refractivity contribution is 8.00. The Balaban J connectivity index is 1.42. The van der Waals surface area contributed by atoms with Crippen molar-refractivity contribution in [2.24, 2.45) is 5.92 Å². The summed E-state index contributed by atoms with van der Waals surface area (Å²) in [7, 11) is 0. The minimum Gasteiger partial charge on any atom is -0.462 e. The van der Waals surface area contributed by atoms with Crippen molar-refractivity contribution in [3.8, 4) is 0 Å². The molecule has 0 spiro atoms. The van der Waals surface area contributed by atoms with Crippen LogP contribution in [0.15, 0.2) is 59.5 Å². The quantitative estimate of drug-likeness (QED) is 0.181. The molecule has 3 aromatic rings. The molecular weight excluding hydrogens is 546 g/mol. The van der Waals surface area contributed by atoms with Gasteiger partial charge in [-0.25, -0.2) is 4.79 Å². The van der Waals surface area contributed by atoms with E-state index < -0.39 is 5.97 Å². The molecule has 0 saturated heterocycles. The first-order chi connectivity index (χ1) is 19.4. The van der Waals surface area contributed by atoms with Gasteiger partial charge in [0.1, 0.15) is 5.00 Å². The van der Waals surface area contributed by atoms with E-state index in [1.54, 1.807) is 26.0 Å². The highest BCUT2D eigenvalue weighted by atomic mass is 32.2. The van der Waals surface area contributed by atoms with Crippen LogP contribution in [0.5, 0.6) is 0 Å². The Labute approximate surface area is 242 Å². The van der Waals surface area contributed by atoms with Crippen LogP contribution in [0, 0.1) is 12.8 Å². The SMILES string of the molecule is CCOC(=O)c1c(NC(=O)CSc2cccc(NC(=O)C3CCCCC3)c2)sc(C(=O)Nc2ccccc2)c1C. The van der Waals surface area contributed by atoms with Gasteiger partial charge in [0.25, 0.3) is 5.91 Å². The summed E-state index contributed by atoms with van der Waals surface area (Å²) in [6.45, 7) is 3.53. The number of thiophene rings is 1. The van der Waals surface area contributed by atoms with E-state index in [4.69, 9.17) is 4.74 Å². The van der Waals surface area contributed by atoms with Gasteiger partial charge in [-0.3, -0.25) is 14.4 Å². The fourth-order valence-electron chi connectivity index (χ4n) is 4.56. The second kappa shape index (κ2) is 14.1. The van der Waals surface area contributed by atoms with Crippen LogP contribution in [0.25, 0.3) is 0 Å². The predicted molar refractivity (Wildman–Crippen MR) is 160 cm³/mol. The number of para-hydroxylation sites is 1. The van der Waals surface area contributed by atoms with E-state index in [1.165, 1.54) is 18.2 Å². The number of thioether (sulfide) groups is 1. The molecule has 40 heavy (non-hydrogen) atoms. The van der Waals surface area contributed by atoms with Gasteiger partial charge in [-0.1, -0.05) is 43.5 Å². The molecule has 3 N–H and O–H groups in total. The summed E-state index contributed by atoms with van der Waals surface area (Å²) in [5.74, 6) is -1.13. The standard InChI is InChI=1S/C30H33N3O5S2/c1-3-38-30(37)25-19(2)26(28(36)31-21-13-8-5-9-14-21)40-29(25)33-24(34)18-39-23-16-10-15-22(17-23)32-27(35)20-11-6-4-7-12-20/h5,8-10,13-17,20H,3-4,6-7,11-12,18H2,1-2H3,(H,31,36)(H,32,35)(H,33,34). The van der Waals surface area contributed by atoms with Crippen molar-refractivity contribution in [1.82, 2.24) is 0 Å². The summed E-state index contributed by atoms with van der Waals surface area (Å²) >= 11 is 2.35. The lowest BCUT2D eigenvalue weighted by Gasteiger charge is -2.20. The van der Waals surface area contributed by atoms with Crippen molar-refractivity contribution >= 4 is 63.2 Å². The Morgan fingerprint density at radius 2 is 1.65 bits per heavy atom. The third-order valence-electron chi connectivity index (χ3n) is 6.56. The van der Waals surface area contributed by atoms with E-state index in [-0.39, 0.29) is 46.6 Å². The Bertz CT molecular complexity index is 1370. The third-order valence-corrected chi connectivity index (χ3v) is 8.76. The van der Waals surface area contributed by atoms with Crippen molar-refractivity contribution in [2.45, 2.75) is 50.8 Å². The first-order valence-electron chi connectivity index (χ1n) is 13.4. The average Bonchev–Trinajstić information content (AvgIpc) is 3.28. The number of amides is 3. The molecule has 1 aliphatic carbocycles. The summed E-state index contributed by atoms with van der Waals surface area (Å²) in [6, 6.07) is 16.4. The smallest absolute Gasteiger partial charge is 0.341 e. The van der Waals surface area contributed by atoms with E-state index >= 15 is 0 Å². The van der Waals surface area contributed by atoms with Crippen LogP contribution in [0.4, 0.5) is 16.4 Å². The molecule has 0 bridgehead atoms. The molecule has 0 aliphatic heterocycles. The zero-order valence-electron chi connectivity index (χ0n) is 22.6. The van der Waals surface area contributed by atoms with Gasteiger partial charge in [0.15, 0.2) is 0 Å². The first-order valence-corrected chi connectivity index (χ1v) is 15.2. The van der Waals surface area contributed by atoms with Gasteiger partial charge in [0.2, 0.25) is 11.8 Å². The van der Waals surface area contributed by atoms with Crippen LogP contribution in [0.1, 0.15) is 64.6 Å². The van der Waals surface area contributed by atoms with Crippen molar-refractivity contribution in [1.29, 1.82) is 0 Å².